The van der Waals surface area contributed by atoms with Crippen LogP contribution in [0.2, 0.25) is 0 Å². The topological polar surface area (TPSA) is 79.8 Å². The monoisotopic (exact) mass is 473 g/mol. The molecule has 2 amide bonds. The lowest BCUT2D eigenvalue weighted by Crippen LogP contribution is -2.26. The number of rotatable bonds is 6. The molecule has 0 fully saturated rings. The molecule has 2 aromatic carbocycles. The molecule has 0 saturated carbocycles. The second kappa shape index (κ2) is 9.22. The van der Waals surface area contributed by atoms with Crippen molar-refractivity contribution in [1.29, 1.82) is 0 Å². The minimum Gasteiger partial charge on any atom is -0.383 e. The van der Waals surface area contributed by atoms with Gasteiger partial charge >= 0.3 is 0 Å². The first kappa shape index (κ1) is 19.8. The molecule has 1 unspecified atom stereocenters. The number of anilines is 2. The summed E-state index contributed by atoms with van der Waals surface area (Å²) in [5.74, 6) is -2.92. The zero-order valence-corrected chi connectivity index (χ0v) is 15.7. The summed E-state index contributed by atoms with van der Waals surface area (Å²) in [7, 11) is 0. The number of hydrogen-bond donors (Lipinski definition) is 2. The van der Waals surface area contributed by atoms with Gasteiger partial charge in [0.15, 0.2) is 0 Å². The van der Waals surface area contributed by atoms with Crippen molar-refractivity contribution in [3.63, 3.8) is 0 Å². The van der Waals surface area contributed by atoms with Crippen LogP contribution in [0.15, 0.2) is 47.6 Å². The number of nitrogens with one attached hydrogen (secondary N) is 2. The van der Waals surface area contributed by atoms with Gasteiger partial charge in [-0.15, -0.1) is 0 Å². The molecule has 0 spiro atoms. The standard InChI is InChI=1S/C17H14F2IN3O3/c1-10(17(25)22-13-4-2-3-12(20)8-13)26-21-9-16(24)23-15-6-5-11(18)7-14(15)19/h2-10H,1H3,(H,22,25)(H,23,24). The van der Waals surface area contributed by atoms with E-state index in [-0.39, 0.29) is 5.69 Å². The SMILES string of the molecule is CC(ON=CC(=O)Nc1ccc(F)cc1F)C(=O)Nc1cccc(I)c1. The van der Waals surface area contributed by atoms with Crippen molar-refractivity contribution in [3.05, 3.63) is 57.7 Å². The van der Waals surface area contributed by atoms with Crippen LogP contribution in [-0.4, -0.2) is 24.1 Å². The maximum Gasteiger partial charge on any atom is 0.270 e. The smallest absolute Gasteiger partial charge is 0.270 e. The largest absolute Gasteiger partial charge is 0.383 e. The van der Waals surface area contributed by atoms with Gasteiger partial charge in [-0.2, -0.15) is 0 Å². The highest BCUT2D eigenvalue weighted by atomic mass is 127. The summed E-state index contributed by atoms with van der Waals surface area (Å²) in [6, 6.07) is 9.89. The Morgan fingerprint density at radius 2 is 1.96 bits per heavy atom. The number of nitrogens with zero attached hydrogens (tertiary/aromatic N) is 1. The zero-order valence-electron chi connectivity index (χ0n) is 13.5. The molecule has 2 N–H and O–H groups in total. The third-order valence-electron chi connectivity index (χ3n) is 3.04. The van der Waals surface area contributed by atoms with Gasteiger partial charge in [0.05, 0.1) is 5.69 Å². The first-order valence-corrected chi connectivity index (χ1v) is 8.44. The van der Waals surface area contributed by atoms with Crippen LogP contribution in [0, 0.1) is 15.2 Å². The van der Waals surface area contributed by atoms with E-state index in [1.54, 1.807) is 18.2 Å². The predicted octanol–water partition coefficient (Wildman–Crippen LogP) is 3.54. The van der Waals surface area contributed by atoms with Gasteiger partial charge in [-0.3, -0.25) is 9.59 Å². The van der Waals surface area contributed by atoms with E-state index in [1.165, 1.54) is 6.92 Å². The van der Waals surface area contributed by atoms with E-state index in [2.05, 4.69) is 38.4 Å². The lowest BCUT2D eigenvalue weighted by Gasteiger charge is -2.10. The van der Waals surface area contributed by atoms with Crippen LogP contribution >= 0.6 is 22.6 Å². The summed E-state index contributed by atoms with van der Waals surface area (Å²) < 4.78 is 27.2. The van der Waals surface area contributed by atoms with Crippen LogP contribution < -0.4 is 10.6 Å². The van der Waals surface area contributed by atoms with Crippen molar-refractivity contribution in [2.24, 2.45) is 5.16 Å². The van der Waals surface area contributed by atoms with Crippen molar-refractivity contribution < 1.29 is 23.2 Å². The fourth-order valence-corrected chi connectivity index (χ4v) is 2.33. The van der Waals surface area contributed by atoms with Gasteiger partial charge in [-0.25, -0.2) is 8.78 Å². The van der Waals surface area contributed by atoms with Gasteiger partial charge in [0, 0.05) is 15.3 Å². The summed E-state index contributed by atoms with van der Waals surface area (Å²) in [5, 5.41) is 8.22. The maximum absolute atomic E-state index is 13.4. The van der Waals surface area contributed by atoms with Gasteiger partial charge in [0.2, 0.25) is 6.10 Å². The van der Waals surface area contributed by atoms with E-state index < -0.39 is 29.6 Å². The van der Waals surface area contributed by atoms with Crippen molar-refractivity contribution >= 4 is 52.0 Å². The van der Waals surface area contributed by atoms with Gasteiger partial charge in [0.25, 0.3) is 11.8 Å². The number of carbonyl (C=O) groups is 2. The highest BCUT2D eigenvalue weighted by Crippen LogP contribution is 2.15. The second-order valence-corrected chi connectivity index (χ2v) is 6.34. The molecule has 0 heterocycles. The molecule has 0 aliphatic rings. The van der Waals surface area contributed by atoms with E-state index >= 15 is 0 Å². The highest BCUT2D eigenvalue weighted by Gasteiger charge is 2.14. The Bertz CT molecular complexity index is 846. The third-order valence-corrected chi connectivity index (χ3v) is 3.71. The van der Waals surface area contributed by atoms with E-state index in [0.29, 0.717) is 11.8 Å². The van der Waals surface area contributed by atoms with Gasteiger partial charge in [0.1, 0.15) is 17.8 Å². The summed E-state index contributed by atoms with van der Waals surface area (Å²) in [6.45, 7) is 1.46. The van der Waals surface area contributed by atoms with Crippen LogP contribution in [0.3, 0.4) is 0 Å². The lowest BCUT2D eigenvalue weighted by molar-refractivity contribution is -0.126. The van der Waals surface area contributed by atoms with Crippen molar-refractivity contribution in [1.82, 2.24) is 0 Å². The normalized spacial score (nSPS) is 11.8. The molecular weight excluding hydrogens is 459 g/mol. The highest BCUT2D eigenvalue weighted by molar-refractivity contribution is 14.1. The molecule has 0 aromatic heterocycles. The zero-order chi connectivity index (χ0) is 19.1. The molecule has 26 heavy (non-hydrogen) atoms. The minimum atomic E-state index is -0.959. The third kappa shape index (κ3) is 6.06. The van der Waals surface area contributed by atoms with Crippen molar-refractivity contribution in [2.45, 2.75) is 13.0 Å². The van der Waals surface area contributed by atoms with Gasteiger partial charge < -0.3 is 15.5 Å². The van der Waals surface area contributed by atoms with Crippen LogP contribution in [0.1, 0.15) is 6.92 Å². The molecule has 0 aliphatic carbocycles. The second-order valence-electron chi connectivity index (χ2n) is 5.10. The molecule has 2 aromatic rings. The van der Waals surface area contributed by atoms with Crippen LogP contribution in [0.4, 0.5) is 20.2 Å². The van der Waals surface area contributed by atoms with E-state index in [0.717, 1.165) is 21.9 Å². The molecule has 0 bridgehead atoms. The molecule has 6 nitrogen and oxygen atoms in total. The van der Waals surface area contributed by atoms with E-state index in [1.807, 2.05) is 6.07 Å². The number of benzene rings is 2. The van der Waals surface area contributed by atoms with Gasteiger partial charge in [-0.05, 0) is 59.8 Å². The Morgan fingerprint density at radius 1 is 1.19 bits per heavy atom. The minimum absolute atomic E-state index is 0.202. The number of oxime groups is 1. The lowest BCUT2D eigenvalue weighted by atomic mass is 10.3. The average molecular weight is 473 g/mol. The molecule has 1 atom stereocenters. The Balaban J connectivity index is 1.84. The maximum atomic E-state index is 13.4. The molecule has 0 saturated heterocycles. The van der Waals surface area contributed by atoms with Crippen molar-refractivity contribution in [3.8, 4) is 0 Å². The van der Waals surface area contributed by atoms with Crippen LogP contribution in [-0.2, 0) is 14.4 Å². The molecule has 0 aliphatic heterocycles. The molecule has 9 heteroatoms. The van der Waals surface area contributed by atoms with Gasteiger partial charge in [-0.1, -0.05) is 11.2 Å². The molecular formula is C17H14F2IN3O3. The molecule has 2 rings (SSSR count). The number of halogens is 3. The van der Waals surface area contributed by atoms with Crippen LogP contribution in [0.5, 0.6) is 0 Å². The molecule has 0 radical (unpaired) electrons. The first-order chi connectivity index (χ1) is 12.3. The summed E-state index contributed by atoms with van der Waals surface area (Å²) in [6.07, 6.45) is -0.211. The number of hydrogen-bond acceptors (Lipinski definition) is 4. The number of amides is 2. The van der Waals surface area contributed by atoms with E-state index in [9.17, 15) is 18.4 Å². The Kier molecular flexibility index (Phi) is 7.01. The number of carbonyl (C=O) groups excluding carboxylic acids is 2. The Labute approximate surface area is 161 Å². The summed E-state index contributed by atoms with van der Waals surface area (Å²) in [4.78, 5) is 28.5. The Morgan fingerprint density at radius 3 is 2.65 bits per heavy atom. The average Bonchev–Trinajstić information content (AvgIpc) is 2.57. The molecule has 136 valence electrons. The fraction of sp³-hybridized carbons (Fsp3) is 0.118. The Hall–Kier alpha value is -2.56. The quantitative estimate of drug-likeness (QED) is 0.383. The first-order valence-electron chi connectivity index (χ1n) is 7.37. The fourth-order valence-electron chi connectivity index (χ4n) is 1.78. The predicted molar refractivity (Wildman–Crippen MR) is 102 cm³/mol. The van der Waals surface area contributed by atoms with Crippen LogP contribution in [0.25, 0.3) is 0 Å². The van der Waals surface area contributed by atoms with Crippen molar-refractivity contribution in [2.75, 3.05) is 10.6 Å². The summed E-state index contributed by atoms with van der Waals surface area (Å²) >= 11 is 2.11. The van der Waals surface area contributed by atoms with E-state index in [4.69, 9.17) is 4.84 Å². The summed E-state index contributed by atoms with van der Waals surface area (Å²) in [5.41, 5.74) is 0.401.